The predicted molar refractivity (Wildman–Crippen MR) is 81.1 cm³/mol. The van der Waals surface area contributed by atoms with Gasteiger partial charge in [-0.15, -0.1) is 0 Å². The van der Waals surface area contributed by atoms with Crippen LogP contribution in [0.15, 0.2) is 41.0 Å². The van der Waals surface area contributed by atoms with Gasteiger partial charge in [0.2, 0.25) is 0 Å². The van der Waals surface area contributed by atoms with E-state index in [1.54, 1.807) is 6.07 Å². The Morgan fingerprint density at radius 1 is 1.24 bits per heavy atom. The molecule has 0 aliphatic heterocycles. The first-order chi connectivity index (χ1) is 10.1. The van der Waals surface area contributed by atoms with Crippen molar-refractivity contribution in [3.8, 4) is 0 Å². The highest BCUT2D eigenvalue weighted by molar-refractivity contribution is 5.88. The Kier molecular flexibility index (Phi) is 5.17. The lowest BCUT2D eigenvalue weighted by atomic mass is 10.0. The molecule has 1 aromatic heterocycles. The molecule has 112 valence electrons. The lowest BCUT2D eigenvalue weighted by Crippen LogP contribution is -2.12. The minimum atomic E-state index is -0.380. The van der Waals surface area contributed by atoms with Crippen molar-refractivity contribution in [2.75, 3.05) is 7.11 Å². The molecule has 0 aliphatic rings. The molecule has 0 amide bonds. The quantitative estimate of drug-likeness (QED) is 0.826. The van der Waals surface area contributed by atoms with Gasteiger partial charge in [-0.1, -0.05) is 38.1 Å². The molecule has 2 rings (SSSR count). The summed E-state index contributed by atoms with van der Waals surface area (Å²) in [5.74, 6) is 0.885. The van der Waals surface area contributed by atoms with Gasteiger partial charge in [-0.05, 0) is 23.1 Å². The molecule has 21 heavy (non-hydrogen) atoms. The number of furan rings is 1. The Morgan fingerprint density at radius 2 is 1.95 bits per heavy atom. The summed E-state index contributed by atoms with van der Waals surface area (Å²) < 4.78 is 9.95. The number of methoxy groups -OCH3 is 1. The summed E-state index contributed by atoms with van der Waals surface area (Å²) in [6, 6.07) is 10.3. The number of hydrogen-bond donors (Lipinski definition) is 1. The molecule has 0 fully saturated rings. The molecule has 0 aliphatic carbocycles. The lowest BCUT2D eigenvalue weighted by Gasteiger charge is -2.07. The standard InChI is InChI=1S/C17H21NO3/c1-12(2)14-6-4-13(5-7-14)9-18-10-16-8-15(11-21-16)17(19)20-3/h4-8,11-12,18H,9-10H2,1-3H3. The largest absolute Gasteiger partial charge is 0.467 e. The number of hydrogen-bond acceptors (Lipinski definition) is 4. The first-order valence-corrected chi connectivity index (χ1v) is 7.05. The number of nitrogens with one attached hydrogen (secondary N) is 1. The van der Waals surface area contributed by atoms with Gasteiger partial charge in [0.1, 0.15) is 12.0 Å². The van der Waals surface area contributed by atoms with Crippen molar-refractivity contribution in [2.45, 2.75) is 32.9 Å². The molecule has 0 saturated carbocycles. The van der Waals surface area contributed by atoms with E-state index in [4.69, 9.17) is 4.42 Å². The zero-order valence-corrected chi connectivity index (χ0v) is 12.7. The van der Waals surface area contributed by atoms with Gasteiger partial charge < -0.3 is 14.5 Å². The van der Waals surface area contributed by atoms with Crippen LogP contribution in [0.2, 0.25) is 0 Å². The van der Waals surface area contributed by atoms with E-state index in [0.29, 0.717) is 23.8 Å². The van der Waals surface area contributed by atoms with Crippen LogP contribution in [-0.2, 0) is 17.8 Å². The fourth-order valence-electron chi connectivity index (χ4n) is 2.05. The van der Waals surface area contributed by atoms with E-state index < -0.39 is 0 Å². The van der Waals surface area contributed by atoms with Gasteiger partial charge in [-0.3, -0.25) is 0 Å². The van der Waals surface area contributed by atoms with E-state index >= 15 is 0 Å². The van der Waals surface area contributed by atoms with Crippen molar-refractivity contribution in [3.05, 3.63) is 59.0 Å². The average Bonchev–Trinajstić information content (AvgIpc) is 2.96. The van der Waals surface area contributed by atoms with Crippen LogP contribution in [0.1, 0.15) is 47.0 Å². The molecule has 0 bridgehead atoms. The van der Waals surface area contributed by atoms with Gasteiger partial charge in [0.25, 0.3) is 0 Å². The average molecular weight is 287 g/mol. The molecule has 0 unspecified atom stereocenters. The smallest absolute Gasteiger partial charge is 0.341 e. The van der Waals surface area contributed by atoms with Gasteiger partial charge in [0, 0.05) is 6.54 Å². The Labute approximate surface area is 125 Å². The van der Waals surface area contributed by atoms with Gasteiger partial charge in [-0.25, -0.2) is 4.79 Å². The van der Waals surface area contributed by atoms with Crippen molar-refractivity contribution >= 4 is 5.97 Å². The van der Waals surface area contributed by atoms with Gasteiger partial charge in [-0.2, -0.15) is 0 Å². The first-order valence-electron chi connectivity index (χ1n) is 7.05. The third-order valence-electron chi connectivity index (χ3n) is 3.35. The second kappa shape index (κ2) is 7.09. The van der Waals surface area contributed by atoms with Gasteiger partial charge in [0.05, 0.1) is 19.2 Å². The van der Waals surface area contributed by atoms with Gasteiger partial charge in [0.15, 0.2) is 0 Å². The zero-order chi connectivity index (χ0) is 15.2. The topological polar surface area (TPSA) is 51.5 Å². The highest BCUT2D eigenvalue weighted by atomic mass is 16.5. The summed E-state index contributed by atoms with van der Waals surface area (Å²) in [4.78, 5) is 11.3. The maximum absolute atomic E-state index is 11.3. The van der Waals surface area contributed by atoms with Crippen LogP contribution in [0.25, 0.3) is 0 Å². The van der Waals surface area contributed by atoms with Crippen molar-refractivity contribution in [3.63, 3.8) is 0 Å². The SMILES string of the molecule is COC(=O)c1coc(CNCc2ccc(C(C)C)cc2)c1. The molecule has 2 aromatic rings. The third kappa shape index (κ3) is 4.20. The van der Waals surface area contributed by atoms with Crippen LogP contribution in [-0.4, -0.2) is 13.1 Å². The predicted octanol–water partition coefficient (Wildman–Crippen LogP) is 3.48. The van der Waals surface area contributed by atoms with E-state index in [-0.39, 0.29) is 5.97 Å². The van der Waals surface area contributed by atoms with E-state index in [1.807, 2.05) is 0 Å². The molecule has 4 nitrogen and oxygen atoms in total. The number of carbonyl (C=O) groups excluding carboxylic acids is 1. The van der Waals surface area contributed by atoms with Crippen LogP contribution in [0.4, 0.5) is 0 Å². The van der Waals surface area contributed by atoms with Crippen molar-refractivity contribution in [2.24, 2.45) is 0 Å². The summed E-state index contributed by atoms with van der Waals surface area (Å²) >= 11 is 0. The van der Waals surface area contributed by atoms with Crippen molar-refractivity contribution in [1.29, 1.82) is 0 Å². The molecule has 0 spiro atoms. The highest BCUT2D eigenvalue weighted by Gasteiger charge is 2.09. The van der Waals surface area contributed by atoms with Gasteiger partial charge >= 0.3 is 5.97 Å². The number of esters is 1. The van der Waals surface area contributed by atoms with E-state index in [0.717, 1.165) is 6.54 Å². The summed E-state index contributed by atoms with van der Waals surface area (Å²) in [5.41, 5.74) is 3.00. The zero-order valence-electron chi connectivity index (χ0n) is 12.7. The van der Waals surface area contributed by atoms with Crippen LogP contribution >= 0.6 is 0 Å². The first kappa shape index (κ1) is 15.3. The molecule has 1 heterocycles. The van der Waals surface area contributed by atoms with E-state index in [2.05, 4.69) is 48.2 Å². The number of carbonyl (C=O) groups is 1. The Hall–Kier alpha value is -2.07. The molecular weight excluding hydrogens is 266 g/mol. The summed E-state index contributed by atoms with van der Waals surface area (Å²) in [5, 5.41) is 3.29. The second-order valence-corrected chi connectivity index (χ2v) is 5.29. The minimum Gasteiger partial charge on any atom is -0.467 e. The van der Waals surface area contributed by atoms with Crippen LogP contribution in [0.5, 0.6) is 0 Å². The van der Waals surface area contributed by atoms with Crippen molar-refractivity contribution < 1.29 is 13.9 Å². The summed E-state index contributed by atoms with van der Waals surface area (Å²) in [6.07, 6.45) is 1.42. The lowest BCUT2D eigenvalue weighted by molar-refractivity contribution is 0.0600. The molecule has 1 N–H and O–H groups in total. The molecule has 0 saturated heterocycles. The van der Waals surface area contributed by atoms with Crippen molar-refractivity contribution in [1.82, 2.24) is 5.32 Å². The fourth-order valence-corrected chi connectivity index (χ4v) is 2.05. The van der Waals surface area contributed by atoms with Crippen LogP contribution in [0.3, 0.4) is 0 Å². The molecular formula is C17H21NO3. The summed E-state index contributed by atoms with van der Waals surface area (Å²) in [7, 11) is 1.36. The number of ether oxygens (including phenoxy) is 1. The molecule has 1 aromatic carbocycles. The molecule has 0 radical (unpaired) electrons. The fraction of sp³-hybridized carbons (Fsp3) is 0.353. The minimum absolute atomic E-state index is 0.380. The second-order valence-electron chi connectivity index (χ2n) is 5.29. The number of benzene rings is 1. The molecule has 0 atom stereocenters. The monoisotopic (exact) mass is 287 g/mol. The summed E-state index contributed by atoms with van der Waals surface area (Å²) in [6.45, 7) is 5.70. The third-order valence-corrected chi connectivity index (χ3v) is 3.35. The van der Waals surface area contributed by atoms with E-state index in [1.165, 1.54) is 24.5 Å². The Morgan fingerprint density at radius 3 is 2.57 bits per heavy atom. The highest BCUT2D eigenvalue weighted by Crippen LogP contribution is 2.15. The van der Waals surface area contributed by atoms with Crippen LogP contribution in [0, 0.1) is 0 Å². The number of rotatable bonds is 6. The van der Waals surface area contributed by atoms with E-state index in [9.17, 15) is 4.79 Å². The Balaban J connectivity index is 1.83. The normalized spacial score (nSPS) is 10.9. The maximum atomic E-state index is 11.3. The Bertz CT molecular complexity index is 584. The van der Waals surface area contributed by atoms with Crippen LogP contribution < -0.4 is 5.32 Å². The molecule has 4 heteroatoms. The maximum Gasteiger partial charge on any atom is 0.341 e.